The number of aliphatic hydroxyl groups excluding tert-OH is 31. The Morgan fingerprint density at radius 2 is 0.350 bits per heavy atom. The average Bonchev–Trinajstić information content (AvgIpc) is 0.767. The molecule has 0 spiro atoms. The largest absolute Gasteiger partial charge is 0.394 e. The van der Waals surface area contributed by atoms with E-state index >= 15 is 0 Å². The summed E-state index contributed by atoms with van der Waals surface area (Å²) in [4.78, 5) is 0. The van der Waals surface area contributed by atoms with Crippen LogP contribution in [0.5, 0.6) is 0 Å². The van der Waals surface area contributed by atoms with E-state index in [-0.39, 0.29) is 6.61 Å². The number of hydrogen-bond acceptors (Lipinski definition) is 52. The maximum absolute atomic E-state index is 12.2. The molecule has 0 saturated carbocycles. The van der Waals surface area contributed by atoms with Crippen molar-refractivity contribution in [1.29, 1.82) is 0 Å². The van der Waals surface area contributed by atoms with Crippen LogP contribution in [-0.4, -0.2) is 544 Å². The van der Waals surface area contributed by atoms with Gasteiger partial charge in [0.25, 0.3) is 0 Å². The van der Waals surface area contributed by atoms with E-state index in [1.807, 2.05) is 0 Å². The molecular weight excluding hydrogens is 1630 g/mol. The second kappa shape index (κ2) is 43.7. The first-order valence-electron chi connectivity index (χ1n) is 37.8. The first kappa shape index (κ1) is 97.5. The first-order valence-corrected chi connectivity index (χ1v) is 38.4. The van der Waals surface area contributed by atoms with Gasteiger partial charge in [-0.15, -0.1) is 0 Å². The van der Waals surface area contributed by atoms with Crippen LogP contribution in [0.1, 0.15) is 19.3 Å². The number of rotatable bonds is 34. The molecule has 684 valence electrons. The number of ether oxygens (including phenoxy) is 20. The molecule has 0 radical (unpaired) electrons. The van der Waals surface area contributed by atoms with E-state index in [9.17, 15) is 158 Å². The molecule has 20 unspecified atom stereocenters. The van der Waals surface area contributed by atoms with Crippen molar-refractivity contribution in [2.45, 2.75) is 326 Å². The summed E-state index contributed by atoms with van der Waals surface area (Å²) in [6.45, 7) is -11.1. The molecule has 0 aromatic carbocycles. The molecule has 0 aromatic heterocycles. The molecule has 52 heteroatoms. The summed E-state index contributed by atoms with van der Waals surface area (Å²) in [6, 6.07) is 0. The van der Waals surface area contributed by atoms with Crippen molar-refractivity contribution in [3.63, 3.8) is 0 Å². The molecule has 50 atom stereocenters. The van der Waals surface area contributed by atoms with E-state index in [2.05, 4.69) is 12.6 Å². The van der Waals surface area contributed by atoms with Gasteiger partial charge in [0.15, 0.2) is 62.9 Å². The van der Waals surface area contributed by atoms with Gasteiger partial charge in [-0.05, 0) is 18.6 Å². The SMILES string of the molecule is OCC1O[C@H](OC2[C@@H](OC3[C@@H](O[C@@H]4C(O)[C@@H](O[C@@H]5C(O)[C@@H](OC6[C@@H](OC7[C@@H](OC8[C@@H](O[C@@H]9C(O)[C@@H](O[C@@H]%10C(O)[C@@H](OCCCCCS)OC(CO)[C@H]%10O)OC(CO)[C@H]9O)OC(CO)[C@@H](O)[C@@H]8O)OC(CO)[C@@H](O)[C@@H]7O)OC(CO)[C@@H](O)[C@@H]6O)OC(CO)[C@H]5O)OC(CO)[C@H]4O)OC(CO)[C@@H](O)[C@@H]3O)OC(CO)[C@@H](O)[C@@H]2O)C(O)[C@@H](O)[C@@H]1O. The summed E-state index contributed by atoms with van der Waals surface area (Å²) in [7, 11) is 0. The van der Waals surface area contributed by atoms with Crippen molar-refractivity contribution in [2.24, 2.45) is 0 Å². The molecule has 0 amide bonds. The predicted molar refractivity (Wildman–Crippen MR) is 361 cm³/mol. The Morgan fingerprint density at radius 1 is 0.171 bits per heavy atom. The number of unbranched alkanes of at least 4 members (excludes halogenated alkanes) is 2. The molecule has 10 aliphatic heterocycles. The van der Waals surface area contributed by atoms with Crippen LogP contribution in [0.3, 0.4) is 0 Å². The molecule has 0 aromatic rings. The third-order valence-corrected chi connectivity index (χ3v) is 22.3. The van der Waals surface area contributed by atoms with Gasteiger partial charge in [0.1, 0.15) is 244 Å². The molecule has 117 heavy (non-hydrogen) atoms. The monoisotopic (exact) mass is 1740 g/mol. The van der Waals surface area contributed by atoms with Gasteiger partial charge in [-0.1, -0.05) is 6.42 Å². The molecule has 10 rings (SSSR count). The predicted octanol–water partition coefficient (Wildman–Crippen LogP) is -20.7. The molecule has 10 saturated heterocycles. The smallest absolute Gasteiger partial charge is 0.187 e. The van der Waals surface area contributed by atoms with Crippen LogP contribution in [-0.2, 0) is 94.7 Å². The van der Waals surface area contributed by atoms with Crippen LogP contribution >= 0.6 is 12.6 Å². The Hall–Kier alpha value is -1.69. The lowest BCUT2D eigenvalue weighted by atomic mass is 9.95. The Morgan fingerprint density at radius 3 is 0.590 bits per heavy atom. The van der Waals surface area contributed by atoms with Crippen molar-refractivity contribution in [2.75, 3.05) is 78.4 Å². The van der Waals surface area contributed by atoms with Crippen molar-refractivity contribution < 1.29 is 253 Å². The fourth-order valence-corrected chi connectivity index (χ4v) is 15.3. The van der Waals surface area contributed by atoms with Gasteiger partial charge in [-0.3, -0.25) is 0 Å². The summed E-state index contributed by atoms with van der Waals surface area (Å²) in [5.41, 5.74) is 0. The average molecular weight is 1740 g/mol. The minimum Gasteiger partial charge on any atom is -0.394 e. The molecule has 10 aliphatic rings. The maximum Gasteiger partial charge on any atom is 0.187 e. The van der Waals surface area contributed by atoms with E-state index in [1.54, 1.807) is 0 Å². The Labute approximate surface area is 668 Å². The minimum absolute atomic E-state index is 0.00502. The van der Waals surface area contributed by atoms with Crippen LogP contribution in [0.2, 0.25) is 0 Å². The highest BCUT2D eigenvalue weighted by Crippen LogP contribution is 2.42. The number of hydrogen-bond donors (Lipinski definition) is 32. The molecule has 10 fully saturated rings. The van der Waals surface area contributed by atoms with Crippen LogP contribution in [0, 0.1) is 0 Å². The first-order chi connectivity index (χ1) is 55.7. The molecule has 0 aliphatic carbocycles. The molecule has 51 nitrogen and oxygen atoms in total. The Bertz CT molecular complexity index is 2910. The van der Waals surface area contributed by atoms with E-state index in [4.69, 9.17) is 94.7 Å². The van der Waals surface area contributed by atoms with Gasteiger partial charge in [0, 0.05) is 6.61 Å². The summed E-state index contributed by atoms with van der Waals surface area (Å²) >= 11 is 4.17. The second-order valence-electron chi connectivity index (χ2n) is 29.6. The van der Waals surface area contributed by atoms with Gasteiger partial charge in [0.05, 0.1) is 66.1 Å². The van der Waals surface area contributed by atoms with Crippen molar-refractivity contribution in [3.05, 3.63) is 0 Å². The van der Waals surface area contributed by atoms with Crippen LogP contribution < -0.4 is 0 Å². The number of aliphatic hydroxyl groups is 31. The maximum atomic E-state index is 12.2. The summed E-state index contributed by atoms with van der Waals surface area (Å²) in [6.07, 6.45) is -106. The highest BCUT2D eigenvalue weighted by molar-refractivity contribution is 7.80. The lowest BCUT2D eigenvalue weighted by Gasteiger charge is -2.51. The fourth-order valence-electron chi connectivity index (χ4n) is 15.0. The lowest BCUT2D eigenvalue weighted by molar-refractivity contribution is -0.417. The Kier molecular flexibility index (Phi) is 36.4. The second-order valence-corrected chi connectivity index (χ2v) is 30.1. The van der Waals surface area contributed by atoms with Crippen molar-refractivity contribution in [1.82, 2.24) is 0 Å². The zero-order chi connectivity index (χ0) is 85.6. The lowest BCUT2D eigenvalue weighted by Crippen LogP contribution is -2.69. The van der Waals surface area contributed by atoms with E-state index in [0.717, 1.165) is 0 Å². The zero-order valence-corrected chi connectivity index (χ0v) is 62.8. The number of thiol groups is 1. The highest BCUT2D eigenvalue weighted by Gasteiger charge is 2.62. The van der Waals surface area contributed by atoms with E-state index < -0.39 is 373 Å². The molecule has 31 N–H and O–H groups in total. The third kappa shape index (κ3) is 21.1. The van der Waals surface area contributed by atoms with Gasteiger partial charge >= 0.3 is 0 Å². The highest BCUT2D eigenvalue weighted by atomic mass is 32.1. The quantitative estimate of drug-likeness (QED) is 0.0210. The van der Waals surface area contributed by atoms with Crippen LogP contribution in [0.25, 0.3) is 0 Å². The normalized spacial score (nSPS) is 51.6. The zero-order valence-electron chi connectivity index (χ0n) is 61.9. The van der Waals surface area contributed by atoms with E-state index in [0.29, 0.717) is 25.0 Å². The topological polar surface area (TPSA) is 812 Å². The van der Waals surface area contributed by atoms with Crippen LogP contribution in [0.15, 0.2) is 0 Å². The van der Waals surface area contributed by atoms with Crippen molar-refractivity contribution in [3.8, 4) is 0 Å². The summed E-state index contributed by atoms with van der Waals surface area (Å²) < 4.78 is 116. The van der Waals surface area contributed by atoms with Crippen molar-refractivity contribution >= 4 is 12.6 Å². The Balaban J connectivity index is 0.888. The third-order valence-electron chi connectivity index (χ3n) is 22.0. The standard InChI is InChI=1S/C65H112O51S/c66-6-16-26(76)36(86)42(92)57(99-16)112-51-37(87)27(77)19(9-69)105-63(51)114-53-39(89)29(79)17(7-67)103-61(53)111-50-35(85)25(15-75)101-59(46(50)96)109-48-33(83)23(13-73)102-60(44(48)94)113-52-38(88)28(78)20(10-70)106-64(52)116-55-41(91)31(81)21(11-71)107-65(55)115-54-40(90)30(80)18(8-68)104-62(54)110-49-34(84)24(14-74)100-58(45(49)95)108-47-32(82)22(12-72)98-56(43(47)93)97-4-2-1-3-5-117/h16-96,117H,1-15H2/t16?,17?,18?,19?,20?,21?,22?,23?,24?,25?,26-,27-,28-,29-,30-,31-,32-,33-,34-,35-,36+,37+,38+,39+,40+,41+,42?,43?,44?,45?,46?,47+,48+,49+,50+,51?,52?,53?,54?,55?,56+,57-,58-,59-,60-,61-,62-,63-,64-,65-/m1/s1. The summed E-state index contributed by atoms with van der Waals surface area (Å²) in [5.74, 6) is 0.567. The van der Waals surface area contributed by atoms with Gasteiger partial charge in [0.2, 0.25) is 0 Å². The minimum atomic E-state index is -2.55. The fraction of sp³-hybridized carbons (Fsp3) is 1.00. The van der Waals surface area contributed by atoms with Gasteiger partial charge < -0.3 is 253 Å². The molecular formula is C65H112O51S. The summed E-state index contributed by atoms with van der Waals surface area (Å²) in [5, 5.41) is 344. The van der Waals surface area contributed by atoms with Gasteiger partial charge in [-0.2, -0.15) is 12.6 Å². The molecule has 10 heterocycles. The molecule has 0 bridgehead atoms. The van der Waals surface area contributed by atoms with Gasteiger partial charge in [-0.25, -0.2) is 0 Å². The van der Waals surface area contributed by atoms with Crippen LogP contribution in [0.4, 0.5) is 0 Å². The van der Waals surface area contributed by atoms with E-state index in [1.165, 1.54) is 0 Å².